The van der Waals surface area contributed by atoms with Crippen LogP contribution in [0.1, 0.15) is 21.5 Å². The molecular formula is C21H15F4N3O2. The van der Waals surface area contributed by atoms with Gasteiger partial charge in [0, 0.05) is 41.1 Å². The second kappa shape index (κ2) is 7.74. The van der Waals surface area contributed by atoms with E-state index in [0.717, 1.165) is 24.3 Å². The maximum Gasteiger partial charge on any atom is 0.416 e. The fourth-order valence-electron chi connectivity index (χ4n) is 3.28. The van der Waals surface area contributed by atoms with Gasteiger partial charge in [-0.3, -0.25) is 4.79 Å². The summed E-state index contributed by atoms with van der Waals surface area (Å²) < 4.78 is 57.9. The summed E-state index contributed by atoms with van der Waals surface area (Å²) in [5.41, 5.74) is 1.05. The van der Waals surface area contributed by atoms with E-state index < -0.39 is 29.6 Å². The molecule has 1 unspecified atom stereocenters. The lowest BCUT2D eigenvalue weighted by Gasteiger charge is -2.14. The zero-order valence-corrected chi connectivity index (χ0v) is 15.4. The molecule has 0 fully saturated rings. The van der Waals surface area contributed by atoms with Crippen molar-refractivity contribution < 1.29 is 27.1 Å². The van der Waals surface area contributed by atoms with Crippen LogP contribution in [0.15, 0.2) is 55.1 Å². The quantitative estimate of drug-likeness (QED) is 0.651. The third kappa shape index (κ3) is 4.10. The SMILES string of the molecule is O=C(NCC1Cc2cc(F)cc(-c3cncnc3)c2O1)c1ccc(C(F)(F)F)cc1. The van der Waals surface area contributed by atoms with Crippen LogP contribution in [0.4, 0.5) is 17.6 Å². The van der Waals surface area contributed by atoms with E-state index in [1.54, 1.807) is 12.4 Å². The number of rotatable bonds is 4. The maximum atomic E-state index is 14.0. The number of aromatic nitrogens is 2. The molecule has 2 heterocycles. The zero-order chi connectivity index (χ0) is 21.3. The van der Waals surface area contributed by atoms with E-state index in [9.17, 15) is 22.4 Å². The van der Waals surface area contributed by atoms with Crippen molar-refractivity contribution >= 4 is 5.91 Å². The predicted octanol–water partition coefficient (Wildman–Crippen LogP) is 4.04. The first-order chi connectivity index (χ1) is 14.3. The summed E-state index contributed by atoms with van der Waals surface area (Å²) >= 11 is 0. The number of carbonyl (C=O) groups excluding carboxylic acids is 1. The summed E-state index contributed by atoms with van der Waals surface area (Å²) in [6, 6.07) is 6.65. The average Bonchev–Trinajstić information content (AvgIpc) is 3.14. The van der Waals surface area contributed by atoms with Crippen LogP contribution >= 0.6 is 0 Å². The first-order valence-corrected chi connectivity index (χ1v) is 9.01. The van der Waals surface area contributed by atoms with Crippen LogP contribution in [0.3, 0.4) is 0 Å². The third-order valence-corrected chi connectivity index (χ3v) is 4.70. The van der Waals surface area contributed by atoms with E-state index in [1.165, 1.54) is 18.5 Å². The molecule has 0 saturated carbocycles. The largest absolute Gasteiger partial charge is 0.487 e. The Morgan fingerprint density at radius 2 is 1.83 bits per heavy atom. The van der Waals surface area contributed by atoms with Gasteiger partial charge in [0.2, 0.25) is 0 Å². The number of amides is 1. The van der Waals surface area contributed by atoms with Gasteiger partial charge < -0.3 is 10.1 Å². The molecule has 30 heavy (non-hydrogen) atoms. The second-order valence-electron chi connectivity index (χ2n) is 6.80. The van der Waals surface area contributed by atoms with Crippen LogP contribution in [0.5, 0.6) is 5.75 Å². The van der Waals surface area contributed by atoms with Crippen molar-refractivity contribution in [3.63, 3.8) is 0 Å². The Hall–Kier alpha value is -3.49. The molecule has 1 aliphatic rings. The van der Waals surface area contributed by atoms with Crippen molar-refractivity contribution in [2.24, 2.45) is 0 Å². The summed E-state index contributed by atoms with van der Waals surface area (Å²) in [7, 11) is 0. The number of nitrogens with one attached hydrogen (secondary N) is 1. The lowest BCUT2D eigenvalue weighted by atomic mass is 10.0. The van der Waals surface area contributed by atoms with Crippen LogP contribution in [-0.4, -0.2) is 28.5 Å². The first kappa shape index (κ1) is 19.8. The number of benzene rings is 2. The molecular weight excluding hydrogens is 402 g/mol. The number of hydrogen-bond donors (Lipinski definition) is 1. The molecule has 0 spiro atoms. The molecule has 4 rings (SSSR count). The number of hydrogen-bond acceptors (Lipinski definition) is 4. The van der Waals surface area contributed by atoms with E-state index in [2.05, 4.69) is 15.3 Å². The molecule has 0 radical (unpaired) electrons. The van der Waals surface area contributed by atoms with Gasteiger partial charge in [-0.2, -0.15) is 13.2 Å². The van der Waals surface area contributed by atoms with Gasteiger partial charge in [-0.15, -0.1) is 0 Å². The highest BCUT2D eigenvalue weighted by Crippen LogP contribution is 2.39. The van der Waals surface area contributed by atoms with Crippen LogP contribution in [0, 0.1) is 5.82 Å². The highest BCUT2D eigenvalue weighted by Gasteiger charge is 2.30. The van der Waals surface area contributed by atoms with Crippen LogP contribution in [0.2, 0.25) is 0 Å². The fourth-order valence-corrected chi connectivity index (χ4v) is 3.28. The molecule has 1 atom stereocenters. The highest BCUT2D eigenvalue weighted by atomic mass is 19.4. The zero-order valence-electron chi connectivity index (χ0n) is 15.4. The summed E-state index contributed by atoms with van der Waals surface area (Å²) in [6.45, 7) is 0.112. The van der Waals surface area contributed by atoms with Crippen molar-refractivity contribution in [2.75, 3.05) is 6.54 Å². The van der Waals surface area contributed by atoms with Crippen molar-refractivity contribution in [1.29, 1.82) is 0 Å². The van der Waals surface area contributed by atoms with Crippen molar-refractivity contribution in [2.45, 2.75) is 18.7 Å². The van der Waals surface area contributed by atoms with E-state index >= 15 is 0 Å². The lowest BCUT2D eigenvalue weighted by molar-refractivity contribution is -0.137. The standard InChI is InChI=1S/C21H15F4N3O2/c22-16-5-13-6-17(30-19(13)18(7-16)14-8-26-11-27-9-14)10-28-20(29)12-1-3-15(4-2-12)21(23,24)25/h1-5,7-9,11,17H,6,10H2,(H,28,29). The van der Waals surface area contributed by atoms with Gasteiger partial charge in [-0.05, 0) is 36.4 Å². The Morgan fingerprint density at radius 1 is 1.13 bits per heavy atom. The monoisotopic (exact) mass is 417 g/mol. The Morgan fingerprint density at radius 3 is 2.50 bits per heavy atom. The Balaban J connectivity index is 1.44. The summed E-state index contributed by atoms with van der Waals surface area (Å²) in [5, 5.41) is 2.64. The molecule has 1 aliphatic heterocycles. The Kier molecular flexibility index (Phi) is 5.11. The van der Waals surface area contributed by atoms with Crippen LogP contribution in [-0.2, 0) is 12.6 Å². The van der Waals surface area contributed by atoms with Crippen molar-refractivity contribution in [1.82, 2.24) is 15.3 Å². The number of nitrogens with zero attached hydrogens (tertiary/aromatic N) is 2. The number of fused-ring (bicyclic) bond motifs is 1. The molecule has 1 aromatic heterocycles. The molecule has 9 heteroatoms. The van der Waals surface area contributed by atoms with E-state index in [-0.39, 0.29) is 12.1 Å². The third-order valence-electron chi connectivity index (χ3n) is 4.70. The lowest BCUT2D eigenvalue weighted by Crippen LogP contribution is -2.34. The Bertz CT molecular complexity index is 1070. The average molecular weight is 417 g/mol. The number of alkyl halides is 3. The van der Waals surface area contributed by atoms with Gasteiger partial charge in [-0.1, -0.05) is 0 Å². The van der Waals surface area contributed by atoms with Crippen LogP contribution < -0.4 is 10.1 Å². The minimum atomic E-state index is -4.46. The Labute approximate surface area is 168 Å². The number of halogens is 4. The van der Waals surface area contributed by atoms with Gasteiger partial charge in [0.15, 0.2) is 0 Å². The minimum absolute atomic E-state index is 0.103. The van der Waals surface area contributed by atoms with E-state index in [0.29, 0.717) is 28.9 Å². The molecule has 0 saturated heterocycles. The minimum Gasteiger partial charge on any atom is -0.487 e. The van der Waals surface area contributed by atoms with E-state index in [4.69, 9.17) is 4.74 Å². The highest BCUT2D eigenvalue weighted by molar-refractivity contribution is 5.94. The fraction of sp³-hybridized carbons (Fsp3) is 0.190. The van der Waals surface area contributed by atoms with Gasteiger partial charge in [-0.25, -0.2) is 14.4 Å². The summed E-state index contributed by atoms with van der Waals surface area (Å²) in [4.78, 5) is 20.1. The summed E-state index contributed by atoms with van der Waals surface area (Å²) in [5.74, 6) is -0.447. The predicted molar refractivity (Wildman–Crippen MR) is 99.3 cm³/mol. The molecule has 0 aliphatic carbocycles. The first-order valence-electron chi connectivity index (χ1n) is 9.01. The number of carbonyl (C=O) groups is 1. The molecule has 5 nitrogen and oxygen atoms in total. The van der Waals surface area contributed by atoms with E-state index in [1.807, 2.05) is 0 Å². The van der Waals surface area contributed by atoms with Gasteiger partial charge in [0.25, 0.3) is 5.91 Å². The molecule has 1 N–H and O–H groups in total. The topological polar surface area (TPSA) is 64.1 Å². The molecule has 0 bridgehead atoms. The normalized spacial score (nSPS) is 15.4. The molecule has 1 amide bonds. The number of ether oxygens (including phenoxy) is 1. The van der Waals surface area contributed by atoms with Gasteiger partial charge in [0.05, 0.1) is 12.1 Å². The van der Waals surface area contributed by atoms with Gasteiger partial charge in [0.1, 0.15) is 24.0 Å². The molecule has 2 aromatic carbocycles. The second-order valence-corrected chi connectivity index (χ2v) is 6.80. The maximum absolute atomic E-state index is 14.0. The van der Waals surface area contributed by atoms with Gasteiger partial charge >= 0.3 is 6.18 Å². The smallest absolute Gasteiger partial charge is 0.416 e. The molecule has 154 valence electrons. The summed E-state index contributed by atoms with van der Waals surface area (Å²) in [6.07, 6.45) is -0.0701. The van der Waals surface area contributed by atoms with Crippen molar-refractivity contribution in [3.8, 4) is 16.9 Å². The van der Waals surface area contributed by atoms with Crippen molar-refractivity contribution in [3.05, 3.63) is 77.6 Å². The molecule has 3 aromatic rings. The van der Waals surface area contributed by atoms with Crippen LogP contribution in [0.25, 0.3) is 11.1 Å².